The first-order valence-electron chi connectivity index (χ1n) is 9.45. The summed E-state index contributed by atoms with van der Waals surface area (Å²) in [6, 6.07) is 4.84. The van der Waals surface area contributed by atoms with Crippen LogP contribution in [0.1, 0.15) is 26.2 Å². The topological polar surface area (TPSA) is 127 Å². The number of hydrogen-bond donors (Lipinski definition) is 4. The van der Waals surface area contributed by atoms with Crippen molar-refractivity contribution in [3.63, 3.8) is 0 Å². The van der Waals surface area contributed by atoms with Gasteiger partial charge in [-0.1, -0.05) is 6.92 Å². The average molecular weight is 424 g/mol. The van der Waals surface area contributed by atoms with Gasteiger partial charge in [-0.15, -0.1) is 0 Å². The molecule has 3 unspecified atom stereocenters. The van der Waals surface area contributed by atoms with Crippen molar-refractivity contribution in [2.75, 3.05) is 35.1 Å². The summed E-state index contributed by atoms with van der Waals surface area (Å²) in [5, 5.41) is 9.72. The minimum atomic E-state index is -1.18. The molecule has 29 heavy (non-hydrogen) atoms. The predicted molar refractivity (Wildman–Crippen MR) is 112 cm³/mol. The van der Waals surface area contributed by atoms with Gasteiger partial charge in [-0.3, -0.25) is 4.21 Å². The average Bonchev–Trinajstić information content (AvgIpc) is 3.19. The number of aromatic nitrogens is 3. The molecule has 11 heteroatoms. The lowest BCUT2D eigenvalue weighted by Crippen LogP contribution is -2.40. The molecule has 0 aliphatic carbocycles. The van der Waals surface area contributed by atoms with Gasteiger partial charge in [-0.2, -0.15) is 15.0 Å². The molecule has 1 fully saturated rings. The molecule has 3 atom stereocenters. The summed E-state index contributed by atoms with van der Waals surface area (Å²) in [5.74, 6) is 0.00252. The molecule has 1 aromatic heterocycles. The van der Waals surface area contributed by atoms with Gasteiger partial charge in [0.15, 0.2) is 17.5 Å². The van der Waals surface area contributed by atoms with Gasteiger partial charge in [0.25, 0.3) is 0 Å². The molecular weight excluding hydrogens is 397 g/mol. The highest BCUT2D eigenvalue weighted by molar-refractivity contribution is 7.84. The Hall–Kier alpha value is -2.53. The SMILES string of the molecule is CCC(Nc1nc(N)nc(Nc2ccc(OCS(C)=O)c(F)c2)n1)C1CCCN1. The smallest absolute Gasteiger partial charge is 0.233 e. The van der Waals surface area contributed by atoms with Crippen molar-refractivity contribution in [3.05, 3.63) is 24.0 Å². The maximum atomic E-state index is 14.2. The van der Waals surface area contributed by atoms with Crippen LogP contribution in [0.3, 0.4) is 0 Å². The van der Waals surface area contributed by atoms with Crippen LogP contribution in [-0.4, -0.2) is 50.0 Å². The molecule has 1 saturated heterocycles. The van der Waals surface area contributed by atoms with E-state index in [-0.39, 0.29) is 29.6 Å². The minimum absolute atomic E-state index is 0.0260. The lowest BCUT2D eigenvalue weighted by molar-refractivity contribution is 0.363. The Morgan fingerprint density at radius 2 is 2.17 bits per heavy atom. The first-order chi connectivity index (χ1) is 13.9. The van der Waals surface area contributed by atoms with E-state index in [9.17, 15) is 8.60 Å². The van der Waals surface area contributed by atoms with Crippen molar-refractivity contribution in [1.29, 1.82) is 0 Å². The third-order valence-electron chi connectivity index (χ3n) is 4.56. The number of rotatable bonds is 9. The van der Waals surface area contributed by atoms with Gasteiger partial charge in [0, 0.05) is 30.1 Å². The van der Waals surface area contributed by atoms with Crippen LogP contribution >= 0.6 is 0 Å². The lowest BCUT2D eigenvalue weighted by Gasteiger charge is -2.23. The van der Waals surface area contributed by atoms with E-state index in [1.807, 2.05) is 0 Å². The molecule has 9 nitrogen and oxygen atoms in total. The van der Waals surface area contributed by atoms with Crippen molar-refractivity contribution in [2.24, 2.45) is 0 Å². The van der Waals surface area contributed by atoms with Crippen LogP contribution in [-0.2, 0) is 10.8 Å². The van der Waals surface area contributed by atoms with Gasteiger partial charge in [0.1, 0.15) is 0 Å². The molecule has 0 spiro atoms. The minimum Gasteiger partial charge on any atom is -0.477 e. The van der Waals surface area contributed by atoms with Gasteiger partial charge in [-0.25, -0.2) is 4.39 Å². The maximum Gasteiger partial charge on any atom is 0.233 e. The number of nitrogens with one attached hydrogen (secondary N) is 3. The fourth-order valence-electron chi connectivity index (χ4n) is 3.19. The molecule has 0 saturated carbocycles. The fourth-order valence-corrected chi connectivity index (χ4v) is 3.48. The summed E-state index contributed by atoms with van der Waals surface area (Å²) < 4.78 is 30.4. The Labute approximate surface area is 171 Å². The quantitative estimate of drug-likeness (QED) is 0.479. The van der Waals surface area contributed by atoms with Gasteiger partial charge in [-0.05, 0) is 37.9 Å². The summed E-state index contributed by atoms with van der Waals surface area (Å²) in [6.07, 6.45) is 4.63. The van der Waals surface area contributed by atoms with Crippen LogP contribution in [0.5, 0.6) is 5.75 Å². The van der Waals surface area contributed by atoms with E-state index in [0.29, 0.717) is 17.7 Å². The number of hydrogen-bond acceptors (Lipinski definition) is 9. The third-order valence-corrected chi connectivity index (χ3v) is 5.01. The normalized spacial score (nSPS) is 18.2. The van der Waals surface area contributed by atoms with Gasteiger partial charge in [0.2, 0.25) is 17.8 Å². The first kappa shape index (κ1) is 21.2. The Kier molecular flexibility index (Phi) is 7.15. The van der Waals surface area contributed by atoms with E-state index >= 15 is 0 Å². The lowest BCUT2D eigenvalue weighted by atomic mass is 10.0. The highest BCUT2D eigenvalue weighted by Crippen LogP contribution is 2.24. The molecule has 0 radical (unpaired) electrons. The Morgan fingerprint density at radius 1 is 1.38 bits per heavy atom. The molecule has 2 heterocycles. The zero-order chi connectivity index (χ0) is 20.8. The van der Waals surface area contributed by atoms with Crippen molar-refractivity contribution >= 4 is 34.3 Å². The second kappa shape index (κ2) is 9.79. The predicted octanol–water partition coefficient (Wildman–Crippen LogP) is 1.99. The Balaban J connectivity index is 1.71. The van der Waals surface area contributed by atoms with Crippen molar-refractivity contribution in [3.8, 4) is 5.75 Å². The van der Waals surface area contributed by atoms with Crippen LogP contribution in [0.15, 0.2) is 18.2 Å². The Morgan fingerprint density at radius 3 is 2.83 bits per heavy atom. The summed E-state index contributed by atoms with van der Waals surface area (Å²) in [4.78, 5) is 12.6. The number of nitrogens with two attached hydrogens (primary N) is 1. The largest absolute Gasteiger partial charge is 0.477 e. The molecule has 1 aliphatic heterocycles. The van der Waals surface area contributed by atoms with Crippen LogP contribution in [0.25, 0.3) is 0 Å². The second-order valence-corrected chi connectivity index (χ2v) is 8.19. The summed E-state index contributed by atoms with van der Waals surface area (Å²) >= 11 is 0. The van der Waals surface area contributed by atoms with Gasteiger partial charge < -0.3 is 26.4 Å². The molecule has 5 N–H and O–H groups in total. The molecule has 1 aliphatic rings. The standard InChI is InChI=1S/C18H26FN7O2S/c1-3-13(14-5-4-8-21-14)23-18-25-16(20)24-17(26-18)22-11-6-7-15(12(19)9-11)28-10-29(2)27/h6-7,9,13-14,21H,3-5,8,10H2,1-2H3,(H4,20,22,23,24,25,26). The number of halogens is 1. The summed E-state index contributed by atoms with van der Waals surface area (Å²) in [7, 11) is -1.18. The fraction of sp³-hybridized carbons (Fsp3) is 0.500. The van der Waals surface area contributed by atoms with E-state index in [1.165, 1.54) is 18.4 Å². The van der Waals surface area contributed by atoms with Gasteiger partial charge in [0.05, 0.1) is 10.8 Å². The van der Waals surface area contributed by atoms with E-state index < -0.39 is 16.6 Å². The van der Waals surface area contributed by atoms with Gasteiger partial charge >= 0.3 is 0 Å². The number of nitrogen functional groups attached to an aromatic ring is 1. The molecule has 158 valence electrons. The van der Waals surface area contributed by atoms with Crippen LogP contribution in [0, 0.1) is 5.82 Å². The second-order valence-electron chi connectivity index (χ2n) is 6.81. The zero-order valence-corrected chi connectivity index (χ0v) is 17.3. The van der Waals surface area contributed by atoms with Crippen molar-refractivity contribution in [2.45, 2.75) is 38.3 Å². The molecule has 0 bridgehead atoms. The molecule has 3 rings (SSSR count). The van der Waals surface area contributed by atoms with E-state index in [0.717, 1.165) is 25.8 Å². The first-order valence-corrected chi connectivity index (χ1v) is 11.2. The summed E-state index contributed by atoms with van der Waals surface area (Å²) in [5.41, 5.74) is 6.25. The highest BCUT2D eigenvalue weighted by atomic mass is 32.2. The molecular formula is C18H26FN7O2S. The highest BCUT2D eigenvalue weighted by Gasteiger charge is 2.24. The van der Waals surface area contributed by atoms with Crippen LogP contribution in [0.4, 0.5) is 27.9 Å². The monoisotopic (exact) mass is 423 g/mol. The number of nitrogens with zero attached hydrogens (tertiary/aromatic N) is 3. The molecule has 1 aromatic carbocycles. The number of anilines is 4. The zero-order valence-electron chi connectivity index (χ0n) is 16.4. The van der Waals surface area contributed by atoms with Crippen LogP contribution < -0.4 is 26.4 Å². The van der Waals surface area contributed by atoms with E-state index in [2.05, 4.69) is 37.8 Å². The summed E-state index contributed by atoms with van der Waals surface area (Å²) in [6.45, 7) is 3.11. The van der Waals surface area contributed by atoms with Crippen molar-refractivity contribution < 1.29 is 13.3 Å². The molecule has 0 amide bonds. The third kappa shape index (κ3) is 5.97. The Bertz CT molecular complexity index is 864. The van der Waals surface area contributed by atoms with E-state index in [4.69, 9.17) is 10.5 Å². The molecule has 2 aromatic rings. The maximum absolute atomic E-state index is 14.2. The number of ether oxygens (including phenoxy) is 1. The number of benzene rings is 1. The van der Waals surface area contributed by atoms with E-state index in [1.54, 1.807) is 6.07 Å². The van der Waals surface area contributed by atoms with Crippen molar-refractivity contribution in [1.82, 2.24) is 20.3 Å². The van der Waals surface area contributed by atoms with Crippen LogP contribution in [0.2, 0.25) is 0 Å².